The molecule has 0 bridgehead atoms. The van der Waals surface area contributed by atoms with Crippen LogP contribution in [0.15, 0.2) is 36.4 Å². The average molecular weight is 301 g/mol. The number of benzene rings is 1. The number of aliphatic hydroxyl groups excluding tert-OH is 1. The number of nitrogens with one attached hydrogen (secondary N) is 1. The smallest absolute Gasteiger partial charge is 0.313 e. The zero-order valence-electron chi connectivity index (χ0n) is 12.3. The number of carbonyl (C=O) groups excluding carboxylic acids is 2. The van der Waals surface area contributed by atoms with E-state index in [1.807, 2.05) is 12.1 Å². The molecule has 1 saturated carbocycles. The second kappa shape index (κ2) is 5.57. The number of ether oxygens (including phenoxy) is 1. The molecule has 1 aromatic rings. The van der Waals surface area contributed by atoms with Crippen molar-refractivity contribution in [3.05, 3.63) is 42.0 Å². The number of carbonyl (C=O) groups is 2. The third kappa shape index (κ3) is 2.52. The van der Waals surface area contributed by atoms with Crippen LogP contribution in [-0.4, -0.2) is 30.2 Å². The van der Waals surface area contributed by atoms with Gasteiger partial charge in [0.25, 0.3) is 0 Å². The number of fused-ring (bicyclic) bond motifs is 1. The summed E-state index contributed by atoms with van der Waals surface area (Å²) in [6, 6.07) is 7.34. The molecule has 1 aliphatic heterocycles. The zero-order chi connectivity index (χ0) is 15.7. The Kier molecular flexibility index (Phi) is 3.74. The Hall–Kier alpha value is -2.14. The second-order valence-corrected chi connectivity index (χ2v) is 6.16. The number of hydrogen-bond acceptors (Lipinski definition) is 4. The highest BCUT2D eigenvalue weighted by Gasteiger charge is 2.55. The van der Waals surface area contributed by atoms with E-state index >= 15 is 0 Å². The molecule has 0 aromatic heterocycles. The van der Waals surface area contributed by atoms with Crippen LogP contribution < -0.4 is 5.32 Å². The molecule has 0 spiro atoms. The van der Waals surface area contributed by atoms with Crippen LogP contribution in [0.2, 0.25) is 0 Å². The van der Waals surface area contributed by atoms with Gasteiger partial charge in [0.2, 0.25) is 5.91 Å². The maximum Gasteiger partial charge on any atom is 0.313 e. The maximum atomic E-state index is 12.2. The van der Waals surface area contributed by atoms with Crippen LogP contribution in [0.4, 0.5) is 5.69 Å². The molecule has 2 fully saturated rings. The van der Waals surface area contributed by atoms with Crippen molar-refractivity contribution < 1.29 is 19.4 Å². The van der Waals surface area contributed by atoms with Crippen LogP contribution in [0.5, 0.6) is 0 Å². The first kappa shape index (κ1) is 14.8. The topological polar surface area (TPSA) is 75.6 Å². The van der Waals surface area contributed by atoms with Crippen LogP contribution in [0.25, 0.3) is 0 Å². The van der Waals surface area contributed by atoms with E-state index in [-0.39, 0.29) is 11.9 Å². The summed E-state index contributed by atoms with van der Waals surface area (Å²) >= 11 is 0. The fraction of sp³-hybridized carbons (Fsp3) is 0.412. The molecule has 2 atom stereocenters. The Morgan fingerprint density at radius 2 is 2.14 bits per heavy atom. The van der Waals surface area contributed by atoms with Crippen LogP contribution in [0.1, 0.15) is 18.4 Å². The molecule has 1 heterocycles. The molecule has 2 aliphatic rings. The van der Waals surface area contributed by atoms with E-state index in [1.54, 1.807) is 12.1 Å². The summed E-state index contributed by atoms with van der Waals surface area (Å²) in [5.74, 6) is -0.340. The Morgan fingerprint density at radius 1 is 1.41 bits per heavy atom. The second-order valence-electron chi connectivity index (χ2n) is 6.16. The lowest BCUT2D eigenvalue weighted by Gasteiger charge is -2.24. The molecule has 2 unspecified atom stereocenters. The van der Waals surface area contributed by atoms with E-state index in [1.165, 1.54) is 0 Å². The van der Waals surface area contributed by atoms with Gasteiger partial charge in [-0.15, -0.1) is 0 Å². The highest BCUT2D eigenvalue weighted by molar-refractivity contribution is 5.91. The summed E-state index contributed by atoms with van der Waals surface area (Å²) in [5, 5.41) is 11.3. The van der Waals surface area contributed by atoms with Gasteiger partial charge >= 0.3 is 5.97 Å². The number of anilines is 1. The number of cyclic esters (lactones) is 1. The third-order valence-corrected chi connectivity index (χ3v) is 4.61. The lowest BCUT2D eigenvalue weighted by molar-refractivity contribution is -0.146. The van der Waals surface area contributed by atoms with Crippen molar-refractivity contribution in [2.45, 2.75) is 19.3 Å². The molecule has 5 nitrogen and oxygen atoms in total. The molecule has 1 aliphatic carbocycles. The van der Waals surface area contributed by atoms with Crippen molar-refractivity contribution >= 4 is 17.6 Å². The van der Waals surface area contributed by atoms with Gasteiger partial charge in [-0.05, 0) is 37.0 Å². The lowest BCUT2D eigenvalue weighted by atomic mass is 9.75. The van der Waals surface area contributed by atoms with Crippen molar-refractivity contribution in [1.82, 2.24) is 0 Å². The lowest BCUT2D eigenvalue weighted by Crippen LogP contribution is -2.31. The molecule has 5 heteroatoms. The summed E-state index contributed by atoms with van der Waals surface area (Å²) in [6.07, 6.45) is 2.18. The van der Waals surface area contributed by atoms with Gasteiger partial charge in [0.05, 0.1) is 12.0 Å². The highest BCUT2D eigenvalue weighted by Crippen LogP contribution is 2.52. The van der Waals surface area contributed by atoms with Gasteiger partial charge < -0.3 is 15.2 Å². The Bertz CT molecular complexity index is 622. The molecule has 3 rings (SSSR count). The van der Waals surface area contributed by atoms with E-state index in [0.717, 1.165) is 17.6 Å². The minimum absolute atomic E-state index is 0.117. The SMILES string of the molecule is C=C1CC2COC(=O)C2(Cc2ccc(NC(=O)CO)cc2)C1. The van der Waals surface area contributed by atoms with Crippen molar-refractivity contribution in [1.29, 1.82) is 0 Å². The van der Waals surface area contributed by atoms with E-state index in [2.05, 4.69) is 11.9 Å². The fourth-order valence-corrected chi connectivity index (χ4v) is 3.53. The number of hydrogen-bond donors (Lipinski definition) is 2. The van der Waals surface area contributed by atoms with Gasteiger partial charge in [-0.25, -0.2) is 0 Å². The van der Waals surface area contributed by atoms with Crippen molar-refractivity contribution in [3.63, 3.8) is 0 Å². The Morgan fingerprint density at radius 3 is 2.82 bits per heavy atom. The molecule has 1 saturated heterocycles. The zero-order valence-corrected chi connectivity index (χ0v) is 12.3. The van der Waals surface area contributed by atoms with Gasteiger partial charge in [-0.2, -0.15) is 0 Å². The minimum Gasteiger partial charge on any atom is -0.465 e. The normalized spacial score (nSPS) is 26.7. The van der Waals surface area contributed by atoms with Gasteiger partial charge in [-0.3, -0.25) is 9.59 Å². The van der Waals surface area contributed by atoms with Gasteiger partial charge in [0.15, 0.2) is 0 Å². The van der Waals surface area contributed by atoms with Gasteiger partial charge in [0, 0.05) is 11.6 Å². The van der Waals surface area contributed by atoms with E-state index < -0.39 is 17.9 Å². The van der Waals surface area contributed by atoms with Crippen LogP contribution in [-0.2, 0) is 20.7 Å². The molecule has 116 valence electrons. The first-order valence-corrected chi connectivity index (χ1v) is 7.37. The number of amides is 1. The molecule has 1 aromatic carbocycles. The minimum atomic E-state index is -0.541. The first-order chi connectivity index (χ1) is 10.5. The molecular formula is C17H19NO4. The summed E-state index contributed by atoms with van der Waals surface area (Å²) in [4.78, 5) is 23.4. The molecular weight excluding hydrogens is 282 g/mol. The molecule has 2 N–H and O–H groups in total. The Labute approximate surface area is 129 Å². The third-order valence-electron chi connectivity index (χ3n) is 4.61. The van der Waals surface area contributed by atoms with E-state index in [9.17, 15) is 9.59 Å². The largest absolute Gasteiger partial charge is 0.465 e. The predicted molar refractivity (Wildman–Crippen MR) is 81.1 cm³/mol. The summed E-state index contributed by atoms with van der Waals surface area (Å²) < 4.78 is 5.27. The highest BCUT2D eigenvalue weighted by atomic mass is 16.5. The summed E-state index contributed by atoms with van der Waals surface area (Å²) in [5.41, 5.74) is 2.31. The summed E-state index contributed by atoms with van der Waals surface area (Å²) in [6.45, 7) is 3.98. The van der Waals surface area contributed by atoms with E-state index in [4.69, 9.17) is 9.84 Å². The number of esters is 1. The number of aliphatic hydroxyl groups is 1. The molecule has 22 heavy (non-hydrogen) atoms. The standard InChI is InChI=1S/C17H19NO4/c1-11-6-13-10-22-16(21)17(13,7-11)8-12-2-4-14(5-3-12)18-15(20)9-19/h2-5,13,19H,1,6-10H2,(H,18,20). The molecule has 1 amide bonds. The average Bonchev–Trinajstić information content (AvgIpc) is 2.96. The van der Waals surface area contributed by atoms with Crippen molar-refractivity contribution in [2.24, 2.45) is 11.3 Å². The fourth-order valence-electron chi connectivity index (χ4n) is 3.53. The van der Waals surface area contributed by atoms with Crippen molar-refractivity contribution in [2.75, 3.05) is 18.5 Å². The predicted octanol–water partition coefficient (Wildman–Crippen LogP) is 1.67. The van der Waals surface area contributed by atoms with Crippen LogP contribution in [0.3, 0.4) is 0 Å². The van der Waals surface area contributed by atoms with E-state index in [0.29, 0.717) is 25.1 Å². The van der Waals surface area contributed by atoms with Crippen LogP contribution in [0, 0.1) is 11.3 Å². The Balaban J connectivity index is 1.76. The first-order valence-electron chi connectivity index (χ1n) is 7.37. The molecule has 0 radical (unpaired) electrons. The monoisotopic (exact) mass is 301 g/mol. The van der Waals surface area contributed by atoms with Gasteiger partial charge in [-0.1, -0.05) is 24.3 Å². The van der Waals surface area contributed by atoms with Crippen molar-refractivity contribution in [3.8, 4) is 0 Å². The quantitative estimate of drug-likeness (QED) is 0.655. The number of rotatable bonds is 4. The van der Waals surface area contributed by atoms with Gasteiger partial charge in [0.1, 0.15) is 6.61 Å². The van der Waals surface area contributed by atoms with Crippen LogP contribution >= 0.6 is 0 Å². The summed E-state index contributed by atoms with van der Waals surface area (Å²) in [7, 11) is 0. The number of allylic oxidation sites excluding steroid dienone is 1. The maximum absolute atomic E-state index is 12.2.